The standard InChI is InChI=1S/C28H45NO2/c1-5-9-10-11-12-13-14-15-16-17-18-19-20-21-22-23-24-25-26-27(28(30)31-8-4)29(6-2)7-3/h9-10,12-13,15-16,18-19,21-22,24-25,27H,5-8,11,14,17,20,23,26H2,1-4H3. The van der Waals surface area contributed by atoms with Gasteiger partial charge in [0.2, 0.25) is 0 Å². The minimum atomic E-state index is -0.181. The smallest absolute Gasteiger partial charge is 0.323 e. The predicted octanol–water partition coefficient (Wildman–Crippen LogP) is 7.35. The molecule has 1 atom stereocenters. The number of nitrogens with zero attached hydrogens (tertiary/aromatic N) is 1. The number of allylic oxidation sites excluding steroid dienone is 11. The molecule has 3 heteroatoms. The van der Waals surface area contributed by atoms with Gasteiger partial charge in [-0.1, -0.05) is 93.7 Å². The Morgan fingerprint density at radius 1 is 0.645 bits per heavy atom. The highest BCUT2D eigenvalue weighted by atomic mass is 16.5. The van der Waals surface area contributed by atoms with Crippen molar-refractivity contribution >= 4 is 5.97 Å². The predicted molar refractivity (Wildman–Crippen MR) is 136 cm³/mol. The molecular weight excluding hydrogens is 382 g/mol. The third-order valence-electron chi connectivity index (χ3n) is 4.77. The highest BCUT2D eigenvalue weighted by Crippen LogP contribution is 2.08. The molecule has 0 aromatic heterocycles. The molecule has 0 rings (SSSR count). The summed E-state index contributed by atoms with van der Waals surface area (Å²) in [7, 11) is 0. The third-order valence-corrected chi connectivity index (χ3v) is 4.77. The first kappa shape index (κ1) is 28.9. The van der Waals surface area contributed by atoms with Crippen LogP contribution in [0.5, 0.6) is 0 Å². The van der Waals surface area contributed by atoms with Gasteiger partial charge in [-0.3, -0.25) is 9.69 Å². The Balaban J connectivity index is 4.01. The van der Waals surface area contributed by atoms with E-state index in [0.717, 1.165) is 51.6 Å². The second-order valence-corrected chi connectivity index (χ2v) is 7.14. The Kier molecular flexibility index (Phi) is 21.0. The first-order valence-electron chi connectivity index (χ1n) is 12.0. The lowest BCUT2D eigenvalue weighted by atomic mass is 10.1. The van der Waals surface area contributed by atoms with E-state index in [1.165, 1.54) is 0 Å². The van der Waals surface area contributed by atoms with E-state index in [9.17, 15) is 4.79 Å². The van der Waals surface area contributed by atoms with Crippen molar-refractivity contribution in [1.82, 2.24) is 4.90 Å². The van der Waals surface area contributed by atoms with E-state index in [4.69, 9.17) is 4.74 Å². The van der Waals surface area contributed by atoms with Crippen molar-refractivity contribution in [3.8, 4) is 0 Å². The van der Waals surface area contributed by atoms with Gasteiger partial charge in [-0.2, -0.15) is 0 Å². The summed E-state index contributed by atoms with van der Waals surface area (Å²) in [6, 6.07) is -0.181. The van der Waals surface area contributed by atoms with E-state index < -0.39 is 0 Å². The number of rotatable bonds is 18. The quantitative estimate of drug-likeness (QED) is 0.169. The number of hydrogen-bond acceptors (Lipinski definition) is 3. The molecule has 0 aliphatic heterocycles. The van der Waals surface area contributed by atoms with Gasteiger partial charge < -0.3 is 4.74 Å². The summed E-state index contributed by atoms with van der Waals surface area (Å²) in [5.41, 5.74) is 0. The molecule has 0 amide bonds. The van der Waals surface area contributed by atoms with Crippen LogP contribution in [0.4, 0.5) is 0 Å². The van der Waals surface area contributed by atoms with Gasteiger partial charge in [0.25, 0.3) is 0 Å². The van der Waals surface area contributed by atoms with Gasteiger partial charge in [-0.05, 0) is 65.0 Å². The summed E-state index contributed by atoms with van der Waals surface area (Å²) in [5.74, 6) is -0.120. The van der Waals surface area contributed by atoms with Crippen LogP contribution in [0.15, 0.2) is 72.9 Å². The lowest BCUT2D eigenvalue weighted by Crippen LogP contribution is -2.41. The van der Waals surface area contributed by atoms with E-state index in [2.05, 4.69) is 98.6 Å². The monoisotopic (exact) mass is 427 g/mol. The molecule has 0 aromatic rings. The zero-order valence-corrected chi connectivity index (χ0v) is 20.3. The van der Waals surface area contributed by atoms with E-state index in [1.54, 1.807) is 0 Å². The largest absolute Gasteiger partial charge is 0.465 e. The second kappa shape index (κ2) is 22.6. The van der Waals surface area contributed by atoms with Gasteiger partial charge in [0.15, 0.2) is 0 Å². The minimum Gasteiger partial charge on any atom is -0.465 e. The molecule has 0 spiro atoms. The molecule has 0 aliphatic rings. The minimum absolute atomic E-state index is 0.120. The maximum atomic E-state index is 12.2. The van der Waals surface area contributed by atoms with E-state index >= 15 is 0 Å². The van der Waals surface area contributed by atoms with Crippen LogP contribution in [0.2, 0.25) is 0 Å². The fraction of sp³-hybridized carbons (Fsp3) is 0.536. The Morgan fingerprint density at radius 2 is 1.03 bits per heavy atom. The highest BCUT2D eigenvalue weighted by Gasteiger charge is 2.23. The van der Waals surface area contributed by atoms with Crippen molar-refractivity contribution in [1.29, 1.82) is 0 Å². The van der Waals surface area contributed by atoms with E-state index in [0.29, 0.717) is 13.0 Å². The molecule has 3 nitrogen and oxygen atoms in total. The zero-order valence-electron chi connectivity index (χ0n) is 20.3. The van der Waals surface area contributed by atoms with Crippen LogP contribution in [0.1, 0.15) is 72.6 Å². The summed E-state index contributed by atoms with van der Waals surface area (Å²) in [5, 5.41) is 0. The van der Waals surface area contributed by atoms with Crippen LogP contribution in [0.3, 0.4) is 0 Å². The number of hydrogen-bond donors (Lipinski definition) is 0. The summed E-state index contributed by atoms with van der Waals surface area (Å²) in [6.07, 6.45) is 32.9. The maximum absolute atomic E-state index is 12.2. The number of carbonyl (C=O) groups excluding carboxylic acids is 1. The number of likely N-dealkylation sites (N-methyl/N-ethyl adjacent to an activating group) is 1. The molecule has 1 unspecified atom stereocenters. The van der Waals surface area contributed by atoms with E-state index in [-0.39, 0.29) is 12.0 Å². The van der Waals surface area contributed by atoms with Crippen LogP contribution in [-0.4, -0.2) is 36.6 Å². The van der Waals surface area contributed by atoms with Gasteiger partial charge in [0.05, 0.1) is 6.61 Å². The number of ether oxygens (including phenoxy) is 1. The van der Waals surface area contributed by atoms with Crippen molar-refractivity contribution in [2.24, 2.45) is 0 Å². The van der Waals surface area contributed by atoms with Gasteiger partial charge >= 0.3 is 5.97 Å². The zero-order chi connectivity index (χ0) is 23.0. The molecule has 0 fully saturated rings. The molecular formula is C28H45NO2. The Bertz CT molecular complexity index is 592. The van der Waals surface area contributed by atoms with Gasteiger partial charge in [0.1, 0.15) is 6.04 Å². The molecule has 0 bridgehead atoms. The second-order valence-electron chi connectivity index (χ2n) is 7.14. The van der Waals surface area contributed by atoms with Crippen molar-refractivity contribution in [2.45, 2.75) is 78.7 Å². The SMILES string of the molecule is CCC=CCC=CCC=CCC=CCC=CCC=CCC(C(=O)OCC)N(CC)CC. The molecule has 0 radical (unpaired) electrons. The van der Waals surface area contributed by atoms with Crippen molar-refractivity contribution in [2.75, 3.05) is 19.7 Å². The average Bonchev–Trinajstić information content (AvgIpc) is 2.77. The molecule has 0 saturated carbocycles. The fourth-order valence-electron chi connectivity index (χ4n) is 3.04. The summed E-state index contributed by atoms with van der Waals surface area (Å²) < 4.78 is 5.23. The van der Waals surface area contributed by atoms with Crippen molar-refractivity contribution in [3.63, 3.8) is 0 Å². The van der Waals surface area contributed by atoms with E-state index in [1.807, 2.05) is 6.92 Å². The Hall–Kier alpha value is -2.13. The molecule has 31 heavy (non-hydrogen) atoms. The highest BCUT2D eigenvalue weighted by molar-refractivity contribution is 5.76. The number of esters is 1. The van der Waals surface area contributed by atoms with Crippen LogP contribution >= 0.6 is 0 Å². The van der Waals surface area contributed by atoms with Crippen LogP contribution in [0, 0.1) is 0 Å². The normalized spacial score (nSPS) is 14.0. The fourth-order valence-corrected chi connectivity index (χ4v) is 3.04. The van der Waals surface area contributed by atoms with Crippen LogP contribution in [-0.2, 0) is 9.53 Å². The maximum Gasteiger partial charge on any atom is 0.323 e. The molecule has 0 aromatic carbocycles. The lowest BCUT2D eigenvalue weighted by Gasteiger charge is -2.26. The van der Waals surface area contributed by atoms with Crippen LogP contribution < -0.4 is 0 Å². The van der Waals surface area contributed by atoms with Gasteiger partial charge in [0, 0.05) is 0 Å². The molecule has 174 valence electrons. The lowest BCUT2D eigenvalue weighted by molar-refractivity contribution is -0.149. The Morgan fingerprint density at radius 3 is 1.39 bits per heavy atom. The molecule has 0 aliphatic carbocycles. The molecule has 0 N–H and O–H groups in total. The van der Waals surface area contributed by atoms with Gasteiger partial charge in [-0.25, -0.2) is 0 Å². The topological polar surface area (TPSA) is 29.5 Å². The summed E-state index contributed by atoms with van der Waals surface area (Å²) >= 11 is 0. The van der Waals surface area contributed by atoms with Crippen LogP contribution in [0.25, 0.3) is 0 Å². The number of carbonyl (C=O) groups is 1. The molecule has 0 saturated heterocycles. The Labute approximate surface area is 191 Å². The first-order chi connectivity index (χ1) is 15.2. The van der Waals surface area contributed by atoms with Gasteiger partial charge in [-0.15, -0.1) is 0 Å². The first-order valence-corrected chi connectivity index (χ1v) is 12.0. The third kappa shape index (κ3) is 17.3. The summed E-state index contributed by atoms with van der Waals surface area (Å²) in [4.78, 5) is 14.3. The van der Waals surface area contributed by atoms with Crippen molar-refractivity contribution in [3.05, 3.63) is 72.9 Å². The molecule has 0 heterocycles. The van der Waals surface area contributed by atoms with Crippen molar-refractivity contribution < 1.29 is 9.53 Å². The summed E-state index contributed by atoms with van der Waals surface area (Å²) in [6.45, 7) is 10.3. The average molecular weight is 428 g/mol.